The van der Waals surface area contributed by atoms with Crippen molar-refractivity contribution in [1.29, 1.82) is 0 Å². The normalized spacial score (nSPS) is 29.3. The number of carbonyl (C=O) groups excluding carboxylic acids is 5. The van der Waals surface area contributed by atoms with Crippen LogP contribution in [0.15, 0.2) is 30.3 Å². The molecule has 222 valence electrons. The van der Waals surface area contributed by atoms with Crippen LogP contribution < -0.4 is 11.5 Å². The van der Waals surface area contributed by atoms with Gasteiger partial charge in [-0.25, -0.2) is 0 Å². The number of fused-ring (bicyclic) bond motifs is 3. The molecule has 0 saturated heterocycles. The van der Waals surface area contributed by atoms with Gasteiger partial charge in [0.1, 0.15) is 5.75 Å². The molecule has 0 aliphatic heterocycles. The van der Waals surface area contributed by atoms with Crippen molar-refractivity contribution in [3.63, 3.8) is 0 Å². The van der Waals surface area contributed by atoms with Gasteiger partial charge in [-0.1, -0.05) is 12.1 Å². The number of likely N-dealkylation sites (N-methyl/N-ethyl adjacent to an activating group) is 1. The fraction of sp³-hybridized carbons (Fsp3) is 0.414. The van der Waals surface area contributed by atoms with Crippen molar-refractivity contribution >= 4 is 29.0 Å². The average molecular weight is 588 g/mol. The molecule has 2 unspecified atom stereocenters. The fourth-order valence-electron chi connectivity index (χ4n) is 6.98. The van der Waals surface area contributed by atoms with Gasteiger partial charge in [0.2, 0.25) is 5.91 Å². The van der Waals surface area contributed by atoms with E-state index in [1.807, 2.05) is 0 Å². The maximum absolute atomic E-state index is 14.0. The standard InChI is InChI=1S/C29H28F3N3O7/c1-35(2)21-17-9-12-7-16-15(11-3-5-14(6-4-11)29(30,31)32)8-13(10-33)22(36)19(16)23(37)18(12)25(39)28(17,42)26(40)20(24(21)38)27(34)41/h3-6,8,12,17-18,20-21,36,42H,7,9-10,33H2,1-2H3,(H2,34,41)/t12-,17-,18?,20?,21+,28-/m0/s1. The molecule has 0 heterocycles. The van der Waals surface area contributed by atoms with E-state index in [4.69, 9.17) is 11.5 Å². The average Bonchev–Trinajstić information content (AvgIpc) is 2.90. The van der Waals surface area contributed by atoms with Crippen molar-refractivity contribution in [2.24, 2.45) is 35.1 Å². The highest BCUT2D eigenvalue weighted by Gasteiger charge is 2.69. The van der Waals surface area contributed by atoms with Crippen LogP contribution in [0, 0.1) is 23.7 Å². The number of nitrogens with zero attached hydrogens (tertiary/aromatic N) is 1. The molecule has 2 aromatic carbocycles. The van der Waals surface area contributed by atoms with Gasteiger partial charge in [-0.2, -0.15) is 13.2 Å². The third kappa shape index (κ3) is 4.09. The molecule has 6 N–H and O–H groups in total. The lowest BCUT2D eigenvalue weighted by Gasteiger charge is -2.52. The smallest absolute Gasteiger partial charge is 0.416 e. The lowest BCUT2D eigenvalue weighted by molar-refractivity contribution is -0.181. The Bertz CT molecular complexity index is 1550. The van der Waals surface area contributed by atoms with Crippen LogP contribution in [0.4, 0.5) is 13.2 Å². The number of hydrogen-bond acceptors (Lipinski definition) is 9. The maximum atomic E-state index is 14.0. The van der Waals surface area contributed by atoms with Gasteiger partial charge >= 0.3 is 6.18 Å². The van der Waals surface area contributed by atoms with E-state index < -0.39 is 81.8 Å². The summed E-state index contributed by atoms with van der Waals surface area (Å²) in [5, 5.41) is 22.7. The van der Waals surface area contributed by atoms with Gasteiger partial charge in [-0.05, 0) is 67.7 Å². The number of phenols is 1. The van der Waals surface area contributed by atoms with Crippen molar-refractivity contribution in [1.82, 2.24) is 4.90 Å². The molecule has 2 aromatic rings. The molecule has 6 atom stereocenters. The minimum Gasteiger partial charge on any atom is -0.507 e. The first-order valence-electron chi connectivity index (χ1n) is 13.2. The van der Waals surface area contributed by atoms with Gasteiger partial charge in [0, 0.05) is 18.0 Å². The molecule has 13 heteroatoms. The number of hydrogen-bond donors (Lipinski definition) is 4. The Labute approximate surface area is 237 Å². The SMILES string of the molecule is CN(C)[C@H]1C(=O)C(C(N)=O)C(=O)[C@@]2(O)C(=O)C3C(=O)c4c(O)c(CN)cc(-c5ccc(C(F)(F)F)cc5)c4C[C@H]3C[C@@H]12. The predicted molar refractivity (Wildman–Crippen MR) is 140 cm³/mol. The number of halogens is 3. The number of benzene rings is 2. The van der Waals surface area contributed by atoms with Gasteiger partial charge in [-0.3, -0.25) is 28.9 Å². The lowest BCUT2D eigenvalue weighted by atomic mass is 9.52. The van der Waals surface area contributed by atoms with Gasteiger partial charge in [0.05, 0.1) is 23.1 Å². The molecule has 42 heavy (non-hydrogen) atoms. The van der Waals surface area contributed by atoms with Crippen LogP contribution in [-0.4, -0.2) is 69.9 Å². The Hall–Kier alpha value is -3.94. The van der Waals surface area contributed by atoms with Crippen molar-refractivity contribution in [2.75, 3.05) is 14.1 Å². The number of aliphatic hydroxyl groups is 1. The molecule has 2 fully saturated rings. The molecule has 0 aromatic heterocycles. The van der Waals surface area contributed by atoms with Gasteiger partial charge in [0.25, 0.3) is 0 Å². The number of nitrogens with two attached hydrogens (primary N) is 2. The molecular weight excluding hydrogens is 559 g/mol. The summed E-state index contributed by atoms with van der Waals surface area (Å²) in [5.74, 6) is -12.0. The number of Topliss-reactive ketones (excluding diaryl/α,β-unsaturated/α-hetero) is 4. The molecule has 5 rings (SSSR count). The van der Waals surface area contributed by atoms with Crippen molar-refractivity contribution in [3.8, 4) is 16.9 Å². The number of alkyl halides is 3. The number of aromatic hydroxyl groups is 1. The highest BCUT2D eigenvalue weighted by Crippen LogP contribution is 2.52. The van der Waals surface area contributed by atoms with E-state index in [-0.39, 0.29) is 36.1 Å². The zero-order chi connectivity index (χ0) is 31.0. The van der Waals surface area contributed by atoms with Gasteiger partial charge < -0.3 is 21.7 Å². The van der Waals surface area contributed by atoms with Crippen molar-refractivity contribution in [2.45, 2.75) is 37.2 Å². The Morgan fingerprint density at radius 2 is 1.71 bits per heavy atom. The van der Waals surface area contributed by atoms with Crippen molar-refractivity contribution < 1.29 is 47.4 Å². The third-order valence-corrected chi connectivity index (χ3v) is 8.88. The monoisotopic (exact) mass is 587 g/mol. The van der Waals surface area contributed by atoms with E-state index in [0.717, 1.165) is 12.1 Å². The third-order valence-electron chi connectivity index (χ3n) is 8.88. The number of carbonyl (C=O) groups is 5. The Kier molecular flexibility index (Phi) is 6.91. The van der Waals surface area contributed by atoms with Crippen LogP contribution in [-0.2, 0) is 38.3 Å². The van der Waals surface area contributed by atoms with E-state index in [9.17, 15) is 47.4 Å². The number of phenolic OH excluding ortho intramolecular Hbond substituents is 1. The number of rotatable bonds is 4. The summed E-state index contributed by atoms with van der Waals surface area (Å²) < 4.78 is 39.6. The minimum atomic E-state index is -4.58. The zero-order valence-corrected chi connectivity index (χ0v) is 22.6. The first-order valence-corrected chi connectivity index (χ1v) is 13.2. The first-order chi connectivity index (χ1) is 19.5. The largest absolute Gasteiger partial charge is 0.507 e. The molecule has 3 aliphatic carbocycles. The minimum absolute atomic E-state index is 0.0411. The summed E-state index contributed by atoms with van der Waals surface area (Å²) in [7, 11) is 2.95. The summed E-state index contributed by atoms with van der Waals surface area (Å²) in [6.07, 6.45) is -4.78. The molecule has 0 spiro atoms. The summed E-state index contributed by atoms with van der Waals surface area (Å²) in [6.45, 7) is -0.251. The van der Waals surface area contributed by atoms with E-state index in [2.05, 4.69) is 0 Å². The second-order valence-corrected chi connectivity index (χ2v) is 11.4. The molecule has 2 saturated carbocycles. The van der Waals surface area contributed by atoms with Crippen LogP contribution >= 0.6 is 0 Å². The van der Waals surface area contributed by atoms with Crippen LogP contribution in [0.2, 0.25) is 0 Å². The van der Waals surface area contributed by atoms with E-state index >= 15 is 0 Å². The predicted octanol–water partition coefficient (Wildman–Crippen LogP) is 1.01. The van der Waals surface area contributed by atoms with Crippen LogP contribution in [0.5, 0.6) is 5.75 Å². The number of ketones is 4. The topological polar surface area (TPSA) is 181 Å². The zero-order valence-electron chi connectivity index (χ0n) is 22.6. The first kappa shape index (κ1) is 29.5. The van der Waals surface area contributed by atoms with E-state index in [0.29, 0.717) is 11.1 Å². The summed E-state index contributed by atoms with van der Waals surface area (Å²) in [5.41, 5.74) is 8.06. The Morgan fingerprint density at radius 3 is 2.24 bits per heavy atom. The maximum Gasteiger partial charge on any atom is 0.416 e. The quantitative estimate of drug-likeness (QED) is 0.380. The fourth-order valence-corrected chi connectivity index (χ4v) is 6.98. The van der Waals surface area contributed by atoms with Crippen molar-refractivity contribution in [3.05, 3.63) is 52.6 Å². The summed E-state index contributed by atoms with van der Waals surface area (Å²) in [4.78, 5) is 68.0. The Balaban J connectivity index is 1.67. The molecule has 1 amide bonds. The van der Waals surface area contributed by atoms with E-state index in [1.54, 1.807) is 0 Å². The highest BCUT2D eigenvalue weighted by atomic mass is 19.4. The van der Waals surface area contributed by atoms with Gasteiger partial charge in [0.15, 0.2) is 34.7 Å². The second kappa shape index (κ2) is 9.82. The number of primary amides is 1. The molecule has 0 bridgehead atoms. The summed E-state index contributed by atoms with van der Waals surface area (Å²) >= 11 is 0. The molecule has 10 nitrogen and oxygen atoms in total. The van der Waals surface area contributed by atoms with Gasteiger partial charge in [-0.15, -0.1) is 0 Å². The Morgan fingerprint density at radius 1 is 1.10 bits per heavy atom. The van der Waals surface area contributed by atoms with E-state index in [1.165, 1.54) is 37.2 Å². The van der Waals surface area contributed by atoms with Crippen LogP contribution in [0.3, 0.4) is 0 Å². The lowest BCUT2D eigenvalue weighted by Crippen LogP contribution is -2.74. The molecule has 0 radical (unpaired) electrons. The van der Waals surface area contributed by atoms with Crippen LogP contribution in [0.25, 0.3) is 11.1 Å². The molecule has 3 aliphatic rings. The second-order valence-electron chi connectivity index (χ2n) is 11.4. The highest BCUT2D eigenvalue weighted by molar-refractivity contribution is 6.32. The summed E-state index contributed by atoms with van der Waals surface area (Å²) in [6, 6.07) is 4.42. The number of amides is 1. The van der Waals surface area contributed by atoms with Crippen LogP contribution in [0.1, 0.15) is 33.5 Å². The molecular formula is C29H28F3N3O7.